The lowest BCUT2D eigenvalue weighted by atomic mass is 9.89. The third kappa shape index (κ3) is 5.62. The minimum Gasteiger partial charge on any atom is -0.493 e. The zero-order valence-corrected chi connectivity index (χ0v) is 23.6. The largest absolute Gasteiger partial charge is 0.493 e. The van der Waals surface area contributed by atoms with E-state index in [1.165, 1.54) is 33.1 Å². The zero-order chi connectivity index (χ0) is 27.4. The van der Waals surface area contributed by atoms with Gasteiger partial charge in [0.25, 0.3) is 0 Å². The highest BCUT2D eigenvalue weighted by molar-refractivity contribution is 7.99. The van der Waals surface area contributed by atoms with E-state index in [9.17, 15) is 9.59 Å². The summed E-state index contributed by atoms with van der Waals surface area (Å²) in [6.07, 6.45) is 0. The fourth-order valence-electron chi connectivity index (χ4n) is 4.50. The summed E-state index contributed by atoms with van der Waals surface area (Å²) < 4.78 is 16.4. The van der Waals surface area contributed by atoms with Crippen molar-refractivity contribution in [1.82, 2.24) is 4.90 Å². The molecule has 0 bridgehead atoms. The molecule has 7 nitrogen and oxygen atoms in total. The molecular weight excluding hydrogens is 524 g/mol. The minimum atomic E-state index is -1.02. The van der Waals surface area contributed by atoms with Crippen LogP contribution in [-0.4, -0.2) is 65.1 Å². The summed E-state index contributed by atoms with van der Waals surface area (Å²) >= 11 is 7.69. The Morgan fingerprint density at radius 2 is 1.61 bits per heavy atom. The molecule has 0 aromatic heterocycles. The average Bonchev–Trinajstić information content (AvgIpc) is 3.04. The molecule has 3 aromatic rings. The van der Waals surface area contributed by atoms with Crippen LogP contribution in [0.1, 0.15) is 21.2 Å². The van der Waals surface area contributed by atoms with Gasteiger partial charge in [-0.25, -0.2) is 0 Å². The van der Waals surface area contributed by atoms with E-state index >= 15 is 0 Å². The minimum absolute atomic E-state index is 0.261. The smallest absolute Gasteiger partial charge is 0.239 e. The lowest BCUT2D eigenvalue weighted by Gasteiger charge is -2.28. The van der Waals surface area contributed by atoms with Crippen molar-refractivity contribution in [3.05, 3.63) is 76.8 Å². The summed E-state index contributed by atoms with van der Waals surface area (Å²) in [6.45, 7) is 1.08. The Kier molecular flexibility index (Phi) is 8.87. The number of rotatable bonds is 9. The van der Waals surface area contributed by atoms with Crippen LogP contribution in [-0.2, 0) is 4.79 Å². The highest BCUT2D eigenvalue weighted by Crippen LogP contribution is 2.50. The van der Waals surface area contributed by atoms with Crippen LogP contribution in [0.2, 0.25) is 5.02 Å². The van der Waals surface area contributed by atoms with Crippen LogP contribution < -0.4 is 19.1 Å². The van der Waals surface area contributed by atoms with Gasteiger partial charge in [0.15, 0.2) is 17.3 Å². The second kappa shape index (κ2) is 12.1. The van der Waals surface area contributed by atoms with Crippen LogP contribution in [0.3, 0.4) is 0 Å². The lowest BCUT2D eigenvalue weighted by Crippen LogP contribution is -2.43. The van der Waals surface area contributed by atoms with E-state index in [0.717, 1.165) is 16.1 Å². The van der Waals surface area contributed by atoms with Gasteiger partial charge in [-0.05, 0) is 56.1 Å². The fourth-order valence-corrected chi connectivity index (χ4v) is 6.02. The molecule has 0 aliphatic carbocycles. The summed E-state index contributed by atoms with van der Waals surface area (Å²) in [4.78, 5) is 33.4. The topological polar surface area (TPSA) is 68.3 Å². The number of ketones is 1. The molecule has 0 N–H and O–H groups in total. The Hall–Kier alpha value is -3.20. The number of anilines is 1. The van der Waals surface area contributed by atoms with E-state index in [-0.39, 0.29) is 11.7 Å². The summed E-state index contributed by atoms with van der Waals surface area (Å²) in [5.41, 5.74) is 1.93. The number of fused-ring (bicyclic) bond motifs is 1. The number of hydrogen-bond acceptors (Lipinski definition) is 7. The van der Waals surface area contributed by atoms with Crippen LogP contribution in [0, 0.1) is 5.92 Å². The first-order valence-corrected chi connectivity index (χ1v) is 13.4. The van der Waals surface area contributed by atoms with Gasteiger partial charge in [0.2, 0.25) is 11.7 Å². The van der Waals surface area contributed by atoms with E-state index in [1.807, 2.05) is 55.4 Å². The molecule has 0 saturated heterocycles. The molecule has 0 fully saturated rings. The standard InChI is InChI=1S/C29H31ClN2O5S/c1-31(2)14-15-32-21-8-6-7-9-24(21)38-28(18-10-12-20(30)13-11-18)25(29(32)34)26(33)19-16-22(35-3)27(37-5)23(17-19)36-4/h6-13,16-17,25,28H,14-15H2,1-5H3/t25-,28+/m1/s1. The van der Waals surface area contributed by atoms with Gasteiger partial charge in [0, 0.05) is 28.6 Å². The summed E-state index contributed by atoms with van der Waals surface area (Å²) in [5.74, 6) is -0.535. The number of halogens is 1. The first-order chi connectivity index (χ1) is 18.3. The van der Waals surface area contributed by atoms with E-state index in [0.29, 0.717) is 40.9 Å². The van der Waals surface area contributed by atoms with Gasteiger partial charge < -0.3 is 24.0 Å². The highest BCUT2D eigenvalue weighted by atomic mass is 35.5. The second-order valence-electron chi connectivity index (χ2n) is 9.11. The molecule has 2 atom stereocenters. The molecule has 0 spiro atoms. The molecule has 4 rings (SSSR count). The number of Topliss-reactive ketones (excluding diaryl/α,β-unsaturated/α-hetero) is 1. The van der Waals surface area contributed by atoms with Gasteiger partial charge in [-0.15, -0.1) is 11.8 Å². The number of nitrogens with zero attached hydrogens (tertiary/aromatic N) is 2. The van der Waals surface area contributed by atoms with E-state index in [1.54, 1.807) is 29.2 Å². The molecule has 3 aromatic carbocycles. The van der Waals surface area contributed by atoms with Gasteiger partial charge in [-0.3, -0.25) is 9.59 Å². The predicted molar refractivity (Wildman–Crippen MR) is 151 cm³/mol. The van der Waals surface area contributed by atoms with Crippen LogP contribution in [0.15, 0.2) is 65.6 Å². The molecule has 1 heterocycles. The van der Waals surface area contributed by atoms with Gasteiger partial charge in [0.05, 0.1) is 32.3 Å². The number of carbonyl (C=O) groups excluding carboxylic acids is 2. The number of thioether (sulfide) groups is 1. The lowest BCUT2D eigenvalue weighted by molar-refractivity contribution is -0.121. The third-order valence-corrected chi connectivity index (χ3v) is 8.10. The SMILES string of the molecule is COc1cc(C(=O)[C@H]2C(=O)N(CCN(C)C)c3ccccc3S[C@H]2c2ccc(Cl)cc2)cc(OC)c1OC. The molecule has 0 radical (unpaired) electrons. The van der Waals surface area contributed by atoms with E-state index < -0.39 is 11.2 Å². The van der Waals surface area contributed by atoms with Gasteiger partial charge >= 0.3 is 0 Å². The van der Waals surface area contributed by atoms with Gasteiger partial charge in [0.1, 0.15) is 5.92 Å². The molecule has 1 amide bonds. The second-order valence-corrected chi connectivity index (χ2v) is 10.7. The molecule has 9 heteroatoms. The van der Waals surface area contributed by atoms with Crippen molar-refractivity contribution in [2.75, 3.05) is 53.4 Å². The number of hydrogen-bond donors (Lipinski definition) is 0. The fraction of sp³-hybridized carbons (Fsp3) is 0.310. The quantitative estimate of drug-likeness (QED) is 0.252. The Morgan fingerprint density at radius 3 is 2.18 bits per heavy atom. The molecule has 1 aliphatic rings. The number of amides is 1. The van der Waals surface area contributed by atoms with Crippen LogP contribution in [0.4, 0.5) is 5.69 Å². The molecule has 38 heavy (non-hydrogen) atoms. The Labute approximate surface area is 232 Å². The van der Waals surface area contributed by atoms with Crippen molar-refractivity contribution >= 4 is 40.7 Å². The van der Waals surface area contributed by atoms with Crippen molar-refractivity contribution in [3.63, 3.8) is 0 Å². The highest BCUT2D eigenvalue weighted by Gasteiger charge is 2.43. The van der Waals surface area contributed by atoms with Crippen LogP contribution in [0.25, 0.3) is 0 Å². The maximum absolute atomic E-state index is 14.4. The number of likely N-dealkylation sites (N-methyl/N-ethyl adjacent to an activating group) is 1. The predicted octanol–water partition coefficient (Wildman–Crippen LogP) is 5.61. The van der Waals surface area contributed by atoms with Crippen molar-refractivity contribution in [2.45, 2.75) is 10.1 Å². The molecule has 1 aliphatic heterocycles. The normalized spacial score (nSPS) is 17.1. The first kappa shape index (κ1) is 27.8. The molecule has 200 valence electrons. The first-order valence-electron chi connectivity index (χ1n) is 12.1. The summed E-state index contributed by atoms with van der Waals surface area (Å²) in [5, 5.41) is 0.0936. The molecule has 0 unspecified atom stereocenters. The average molecular weight is 555 g/mol. The van der Waals surface area contributed by atoms with Crippen molar-refractivity contribution in [3.8, 4) is 17.2 Å². The summed E-state index contributed by atoms with van der Waals surface area (Å²) in [7, 11) is 8.41. The number of carbonyl (C=O) groups is 2. The Bertz CT molecular complexity index is 1290. The number of benzene rings is 3. The number of para-hydroxylation sites is 1. The number of ether oxygens (including phenoxy) is 3. The molecular formula is C29H31ClN2O5S. The third-order valence-electron chi connectivity index (χ3n) is 6.45. The zero-order valence-electron chi connectivity index (χ0n) is 22.1. The van der Waals surface area contributed by atoms with Crippen LogP contribution in [0.5, 0.6) is 17.2 Å². The maximum atomic E-state index is 14.4. The van der Waals surface area contributed by atoms with Crippen molar-refractivity contribution in [1.29, 1.82) is 0 Å². The van der Waals surface area contributed by atoms with Gasteiger partial charge in [-0.1, -0.05) is 35.9 Å². The Morgan fingerprint density at radius 1 is 0.974 bits per heavy atom. The number of methoxy groups -OCH3 is 3. The monoisotopic (exact) mass is 554 g/mol. The van der Waals surface area contributed by atoms with E-state index in [4.69, 9.17) is 25.8 Å². The molecule has 0 saturated carbocycles. The van der Waals surface area contributed by atoms with Crippen molar-refractivity contribution in [2.24, 2.45) is 5.92 Å². The van der Waals surface area contributed by atoms with E-state index in [2.05, 4.69) is 0 Å². The Balaban J connectivity index is 1.89. The van der Waals surface area contributed by atoms with Gasteiger partial charge in [-0.2, -0.15) is 0 Å². The summed E-state index contributed by atoms with van der Waals surface area (Å²) in [6, 6.07) is 18.3. The van der Waals surface area contributed by atoms with Crippen molar-refractivity contribution < 1.29 is 23.8 Å². The maximum Gasteiger partial charge on any atom is 0.239 e. The van der Waals surface area contributed by atoms with Crippen LogP contribution >= 0.6 is 23.4 Å².